The van der Waals surface area contributed by atoms with Gasteiger partial charge in [-0.1, -0.05) is 22.0 Å². The van der Waals surface area contributed by atoms with Crippen molar-refractivity contribution in [1.82, 2.24) is 0 Å². The molecule has 0 bridgehead atoms. The first-order valence-corrected chi connectivity index (χ1v) is 4.32. The van der Waals surface area contributed by atoms with E-state index in [0.717, 1.165) is 19.1 Å². The average molecular weight is 246 g/mol. The largest absolute Gasteiger partial charge is 0.222 e. The van der Waals surface area contributed by atoms with Gasteiger partial charge in [-0.25, -0.2) is 8.78 Å². The van der Waals surface area contributed by atoms with E-state index in [0.29, 0.717) is 0 Å². The third-order valence-corrected chi connectivity index (χ3v) is 2.30. The van der Waals surface area contributed by atoms with Gasteiger partial charge in [0.1, 0.15) is 11.9 Å². The second-order valence-corrected chi connectivity index (χ2v) is 3.59. The molecule has 0 spiro atoms. The highest BCUT2D eigenvalue weighted by atomic mass is 79.9. The van der Waals surface area contributed by atoms with Gasteiger partial charge >= 0.3 is 0 Å². The molecule has 0 N–H and O–H groups in total. The molecular formula is C9H6BrF2N. The van der Waals surface area contributed by atoms with Gasteiger partial charge in [-0.3, -0.25) is 0 Å². The highest BCUT2D eigenvalue weighted by Crippen LogP contribution is 2.31. The molecule has 0 aliphatic carbocycles. The fraction of sp³-hybridized carbons (Fsp3) is 0.222. The molecule has 1 nitrogen and oxygen atoms in total. The van der Waals surface area contributed by atoms with Crippen LogP contribution in [-0.4, -0.2) is 0 Å². The van der Waals surface area contributed by atoms with Crippen molar-refractivity contribution in [3.63, 3.8) is 0 Å². The van der Waals surface area contributed by atoms with E-state index >= 15 is 0 Å². The molecule has 0 aliphatic rings. The van der Waals surface area contributed by atoms with Gasteiger partial charge in [0.25, 0.3) is 0 Å². The second-order valence-electron chi connectivity index (χ2n) is 2.74. The molecule has 0 amide bonds. The van der Waals surface area contributed by atoms with Crippen molar-refractivity contribution < 1.29 is 8.78 Å². The Morgan fingerprint density at radius 1 is 1.54 bits per heavy atom. The van der Waals surface area contributed by atoms with Crippen molar-refractivity contribution in [2.75, 3.05) is 0 Å². The molecule has 1 aromatic rings. The third-order valence-electron chi connectivity index (χ3n) is 1.65. The number of hydrogen-bond donors (Lipinski definition) is 0. The lowest BCUT2D eigenvalue weighted by atomic mass is 10.00. The van der Waals surface area contributed by atoms with Gasteiger partial charge in [-0.15, -0.1) is 0 Å². The molecule has 0 radical (unpaired) electrons. The quantitative estimate of drug-likeness (QED) is 0.745. The summed E-state index contributed by atoms with van der Waals surface area (Å²) >= 11 is 2.99. The lowest BCUT2D eigenvalue weighted by Gasteiger charge is -2.13. The van der Waals surface area contributed by atoms with Gasteiger partial charge in [0.2, 0.25) is 5.67 Å². The van der Waals surface area contributed by atoms with Crippen molar-refractivity contribution in [3.05, 3.63) is 34.1 Å². The Hall–Kier alpha value is -0.950. The maximum atomic E-state index is 13.4. The number of benzene rings is 1. The average Bonchev–Trinajstić information content (AvgIpc) is 2.03. The van der Waals surface area contributed by atoms with Crippen molar-refractivity contribution in [3.8, 4) is 6.07 Å². The Morgan fingerprint density at radius 3 is 2.62 bits per heavy atom. The number of nitrogens with zero attached hydrogens (tertiary/aromatic N) is 1. The third kappa shape index (κ3) is 2.04. The minimum Gasteiger partial charge on any atom is -0.222 e. The van der Waals surface area contributed by atoms with Crippen molar-refractivity contribution in [2.24, 2.45) is 0 Å². The summed E-state index contributed by atoms with van der Waals surface area (Å²) in [7, 11) is 0. The van der Waals surface area contributed by atoms with Crippen LogP contribution < -0.4 is 0 Å². The molecule has 4 heteroatoms. The zero-order valence-electron chi connectivity index (χ0n) is 6.81. The zero-order valence-corrected chi connectivity index (χ0v) is 8.40. The van der Waals surface area contributed by atoms with E-state index in [1.807, 2.05) is 0 Å². The van der Waals surface area contributed by atoms with Gasteiger partial charge in [0.15, 0.2) is 0 Å². The lowest BCUT2D eigenvalue weighted by Crippen LogP contribution is -2.12. The Balaban J connectivity index is 3.26. The standard InChI is InChI=1S/C9H6BrF2N/c1-9(12,5-13)7-3-2-6(11)4-8(7)10/h2-4H,1H3. The molecule has 0 heterocycles. The Kier molecular flexibility index (Phi) is 2.67. The molecule has 0 saturated heterocycles. The van der Waals surface area contributed by atoms with E-state index in [1.54, 1.807) is 0 Å². The topological polar surface area (TPSA) is 23.8 Å². The van der Waals surface area contributed by atoms with Gasteiger partial charge in [0.05, 0.1) is 0 Å². The normalized spacial score (nSPS) is 14.7. The smallest absolute Gasteiger partial charge is 0.219 e. The van der Waals surface area contributed by atoms with E-state index in [9.17, 15) is 8.78 Å². The van der Waals surface area contributed by atoms with Gasteiger partial charge < -0.3 is 0 Å². The second kappa shape index (κ2) is 3.43. The SMILES string of the molecule is CC(F)(C#N)c1ccc(F)cc1Br. The van der Waals surface area contributed by atoms with Gasteiger partial charge in [-0.05, 0) is 19.1 Å². The molecule has 0 saturated carbocycles. The molecule has 0 fully saturated rings. The summed E-state index contributed by atoms with van der Waals surface area (Å²) < 4.78 is 26.3. The van der Waals surface area contributed by atoms with E-state index in [1.165, 1.54) is 12.1 Å². The monoisotopic (exact) mass is 245 g/mol. The summed E-state index contributed by atoms with van der Waals surface area (Å²) in [5.74, 6) is -0.468. The van der Waals surface area contributed by atoms with Crippen LogP contribution in [0.15, 0.2) is 22.7 Å². The predicted molar refractivity (Wildman–Crippen MR) is 48.2 cm³/mol. The van der Waals surface area contributed by atoms with Gasteiger partial charge in [-0.2, -0.15) is 5.26 Å². The first-order valence-electron chi connectivity index (χ1n) is 3.53. The molecule has 1 rings (SSSR count). The van der Waals surface area contributed by atoms with Crippen LogP contribution in [0.1, 0.15) is 12.5 Å². The van der Waals surface area contributed by atoms with Crippen LogP contribution in [0.5, 0.6) is 0 Å². The first-order chi connectivity index (χ1) is 5.97. The molecule has 1 aromatic carbocycles. The predicted octanol–water partition coefficient (Wildman–Crippen LogP) is 3.30. The number of nitriles is 1. The maximum Gasteiger partial charge on any atom is 0.219 e. The Morgan fingerprint density at radius 2 is 2.15 bits per heavy atom. The van der Waals surface area contributed by atoms with Crippen LogP contribution >= 0.6 is 15.9 Å². The molecule has 0 aromatic heterocycles. The van der Waals surface area contributed by atoms with E-state index in [4.69, 9.17) is 5.26 Å². The molecule has 0 aliphatic heterocycles. The summed E-state index contributed by atoms with van der Waals surface area (Å²) in [4.78, 5) is 0. The first kappa shape index (κ1) is 10.1. The van der Waals surface area contributed by atoms with Crippen LogP contribution in [0.4, 0.5) is 8.78 Å². The molecular weight excluding hydrogens is 240 g/mol. The minimum atomic E-state index is -2.09. The number of rotatable bonds is 1. The lowest BCUT2D eigenvalue weighted by molar-refractivity contribution is 0.272. The van der Waals surface area contributed by atoms with E-state index in [2.05, 4.69) is 15.9 Å². The molecule has 68 valence electrons. The van der Waals surface area contributed by atoms with Gasteiger partial charge in [0, 0.05) is 10.0 Å². The van der Waals surface area contributed by atoms with Crippen molar-refractivity contribution in [2.45, 2.75) is 12.6 Å². The molecule has 13 heavy (non-hydrogen) atoms. The maximum absolute atomic E-state index is 13.4. The number of alkyl halides is 1. The Bertz CT molecular complexity index is 368. The molecule has 1 unspecified atom stereocenters. The highest BCUT2D eigenvalue weighted by molar-refractivity contribution is 9.10. The number of halogens is 3. The summed E-state index contributed by atoms with van der Waals surface area (Å²) in [6.45, 7) is 1.13. The Labute approximate surface area is 83.1 Å². The van der Waals surface area contributed by atoms with Crippen LogP contribution in [0.2, 0.25) is 0 Å². The van der Waals surface area contributed by atoms with E-state index in [-0.39, 0.29) is 10.0 Å². The summed E-state index contributed by atoms with van der Waals surface area (Å²) in [6.07, 6.45) is 0. The van der Waals surface area contributed by atoms with Crippen LogP contribution in [0.25, 0.3) is 0 Å². The highest BCUT2D eigenvalue weighted by Gasteiger charge is 2.27. The summed E-state index contributed by atoms with van der Waals surface area (Å²) in [6, 6.07) is 5.00. The van der Waals surface area contributed by atoms with Crippen molar-refractivity contribution >= 4 is 15.9 Å². The fourth-order valence-electron chi connectivity index (χ4n) is 0.930. The van der Waals surface area contributed by atoms with Crippen LogP contribution in [0, 0.1) is 17.1 Å². The summed E-state index contributed by atoms with van der Waals surface area (Å²) in [5, 5.41) is 8.50. The van der Waals surface area contributed by atoms with Crippen LogP contribution in [-0.2, 0) is 5.67 Å². The van der Waals surface area contributed by atoms with Crippen molar-refractivity contribution in [1.29, 1.82) is 5.26 Å². The summed E-state index contributed by atoms with van der Waals surface area (Å²) in [5.41, 5.74) is -1.96. The number of hydrogen-bond acceptors (Lipinski definition) is 1. The van der Waals surface area contributed by atoms with Crippen LogP contribution in [0.3, 0.4) is 0 Å². The fourth-order valence-corrected chi connectivity index (χ4v) is 1.65. The zero-order chi connectivity index (χ0) is 10.1. The minimum absolute atomic E-state index is 0.136. The van der Waals surface area contributed by atoms with E-state index < -0.39 is 11.5 Å². The molecule has 1 atom stereocenters.